The largest absolute Gasteiger partial charge is 0.120 e. The van der Waals surface area contributed by atoms with Crippen molar-refractivity contribution in [3.63, 3.8) is 0 Å². The molecule has 1 heteroatoms. The molecule has 2 rings (SSSR count). The molecule has 18 heavy (non-hydrogen) atoms. The maximum Gasteiger partial charge on any atom is 0.102 e. The summed E-state index contributed by atoms with van der Waals surface area (Å²) in [5.41, 5.74) is 1.49. The maximum absolute atomic E-state index is 5.81. The molecule has 1 atom stereocenters. The van der Waals surface area contributed by atoms with E-state index in [1.807, 2.05) is 6.07 Å². The van der Waals surface area contributed by atoms with Gasteiger partial charge in [-0.3, -0.25) is 0 Å². The third-order valence-corrected chi connectivity index (χ3v) is 7.30. The van der Waals surface area contributed by atoms with E-state index in [1.54, 1.807) is 0 Å². The van der Waals surface area contributed by atoms with E-state index in [2.05, 4.69) is 73.6 Å². The fraction of sp³-hybridized carbons (Fsp3) is 0.176. The Balaban J connectivity index is 2.43. The Morgan fingerprint density at radius 3 is 1.89 bits per heavy atom. The van der Waals surface area contributed by atoms with Gasteiger partial charge in [-0.2, -0.15) is 0 Å². The average Bonchev–Trinajstić information content (AvgIpc) is 2.41. The smallest absolute Gasteiger partial charge is 0.102 e. The second-order valence-electron chi connectivity index (χ2n) is 5.10. The summed E-state index contributed by atoms with van der Waals surface area (Å²) in [5, 5.41) is 1.41. The van der Waals surface area contributed by atoms with Crippen LogP contribution < -0.4 is 5.19 Å². The van der Waals surface area contributed by atoms with Gasteiger partial charge in [0.25, 0.3) is 0 Å². The van der Waals surface area contributed by atoms with Crippen LogP contribution in [0.1, 0.15) is 11.1 Å². The van der Waals surface area contributed by atoms with Crippen molar-refractivity contribution in [3.8, 4) is 12.3 Å². The lowest BCUT2D eigenvalue weighted by Crippen LogP contribution is -2.47. The molecule has 0 spiro atoms. The highest BCUT2D eigenvalue weighted by atomic mass is 28.3. The summed E-state index contributed by atoms with van der Waals surface area (Å²) < 4.78 is 0. The Bertz CT molecular complexity index is 535. The van der Waals surface area contributed by atoms with Crippen LogP contribution in [0.5, 0.6) is 0 Å². The van der Waals surface area contributed by atoms with Crippen LogP contribution in [0.25, 0.3) is 0 Å². The van der Waals surface area contributed by atoms with Gasteiger partial charge in [0, 0.05) is 5.54 Å². The SMILES string of the molecule is C#C[C@H](c1ccccc1)[Si](C)(C)c1ccccc1. The van der Waals surface area contributed by atoms with E-state index in [4.69, 9.17) is 6.42 Å². The van der Waals surface area contributed by atoms with Crippen LogP contribution in [-0.2, 0) is 0 Å². The molecule has 0 aliphatic rings. The molecule has 0 nitrogen and oxygen atoms in total. The van der Waals surface area contributed by atoms with Crippen molar-refractivity contribution in [1.82, 2.24) is 0 Å². The van der Waals surface area contributed by atoms with Crippen molar-refractivity contribution in [2.24, 2.45) is 0 Å². The Kier molecular flexibility index (Phi) is 3.69. The van der Waals surface area contributed by atoms with Crippen LogP contribution in [0, 0.1) is 12.3 Å². The fourth-order valence-electron chi connectivity index (χ4n) is 2.40. The van der Waals surface area contributed by atoms with E-state index in [0.717, 1.165) is 0 Å². The monoisotopic (exact) mass is 250 g/mol. The maximum atomic E-state index is 5.81. The number of hydrogen-bond donors (Lipinski definition) is 0. The van der Waals surface area contributed by atoms with Gasteiger partial charge in [-0.05, 0) is 5.56 Å². The highest BCUT2D eigenvalue weighted by molar-refractivity contribution is 6.91. The van der Waals surface area contributed by atoms with Gasteiger partial charge >= 0.3 is 0 Å². The molecule has 0 heterocycles. The zero-order valence-corrected chi connectivity index (χ0v) is 11.9. The first-order valence-electron chi connectivity index (χ1n) is 6.23. The second kappa shape index (κ2) is 5.24. The molecule has 0 unspecified atom stereocenters. The molecule has 0 saturated heterocycles. The van der Waals surface area contributed by atoms with Crippen LogP contribution in [0.4, 0.5) is 0 Å². The first kappa shape index (κ1) is 12.7. The predicted molar refractivity (Wildman–Crippen MR) is 81.6 cm³/mol. The van der Waals surface area contributed by atoms with Crippen molar-refractivity contribution in [2.75, 3.05) is 0 Å². The summed E-state index contributed by atoms with van der Waals surface area (Å²) in [6.07, 6.45) is 5.81. The standard InChI is InChI=1S/C17H18Si/c1-4-17(15-11-7-5-8-12-15)18(2,3)16-13-9-6-10-14-16/h1,5-14,17H,2-3H3/t17-/m1/s1. The van der Waals surface area contributed by atoms with E-state index in [0.29, 0.717) is 0 Å². The minimum atomic E-state index is -1.69. The van der Waals surface area contributed by atoms with Crippen molar-refractivity contribution >= 4 is 13.3 Å². The molecule has 0 amide bonds. The van der Waals surface area contributed by atoms with Gasteiger partial charge in [-0.15, -0.1) is 12.3 Å². The lowest BCUT2D eigenvalue weighted by atomic mass is 10.1. The highest BCUT2D eigenvalue weighted by Gasteiger charge is 2.33. The second-order valence-corrected chi connectivity index (χ2v) is 9.70. The normalized spacial score (nSPS) is 12.7. The van der Waals surface area contributed by atoms with E-state index in [1.165, 1.54) is 10.8 Å². The quantitative estimate of drug-likeness (QED) is 0.577. The van der Waals surface area contributed by atoms with E-state index >= 15 is 0 Å². The Morgan fingerprint density at radius 1 is 0.889 bits per heavy atom. The molecule has 0 aromatic heterocycles. The Hall–Kier alpha value is -1.78. The first-order valence-corrected chi connectivity index (χ1v) is 9.30. The van der Waals surface area contributed by atoms with E-state index < -0.39 is 8.07 Å². The van der Waals surface area contributed by atoms with Crippen LogP contribution in [0.3, 0.4) is 0 Å². The lowest BCUT2D eigenvalue weighted by molar-refractivity contribution is 1.19. The molecule has 0 radical (unpaired) electrons. The van der Waals surface area contributed by atoms with Gasteiger partial charge in [-0.25, -0.2) is 0 Å². The van der Waals surface area contributed by atoms with Gasteiger partial charge in [0.1, 0.15) is 8.07 Å². The van der Waals surface area contributed by atoms with Crippen molar-refractivity contribution < 1.29 is 0 Å². The van der Waals surface area contributed by atoms with Crippen LogP contribution in [0.2, 0.25) is 13.1 Å². The summed E-state index contributed by atoms with van der Waals surface area (Å²) in [7, 11) is -1.69. The summed E-state index contributed by atoms with van der Waals surface area (Å²) in [4.78, 5) is 0. The molecule has 2 aromatic carbocycles. The molecule has 2 aromatic rings. The van der Waals surface area contributed by atoms with Crippen molar-refractivity contribution in [2.45, 2.75) is 18.6 Å². The summed E-state index contributed by atoms with van der Waals surface area (Å²) >= 11 is 0. The number of hydrogen-bond acceptors (Lipinski definition) is 0. The molecular weight excluding hydrogens is 232 g/mol. The topological polar surface area (TPSA) is 0 Å². The molecule has 0 bridgehead atoms. The van der Waals surface area contributed by atoms with Crippen molar-refractivity contribution in [3.05, 3.63) is 66.2 Å². The average molecular weight is 250 g/mol. The van der Waals surface area contributed by atoms with Crippen molar-refractivity contribution in [1.29, 1.82) is 0 Å². The summed E-state index contributed by atoms with van der Waals surface area (Å²) in [5.74, 6) is 3.02. The predicted octanol–water partition coefficient (Wildman–Crippen LogP) is 3.56. The van der Waals surface area contributed by atoms with Gasteiger partial charge in [0.15, 0.2) is 0 Å². The van der Waals surface area contributed by atoms with Crippen LogP contribution >= 0.6 is 0 Å². The fourth-order valence-corrected chi connectivity index (χ4v) is 5.23. The van der Waals surface area contributed by atoms with Crippen LogP contribution in [-0.4, -0.2) is 8.07 Å². The number of benzene rings is 2. The molecule has 90 valence electrons. The lowest BCUT2D eigenvalue weighted by Gasteiger charge is -2.29. The van der Waals surface area contributed by atoms with E-state index in [-0.39, 0.29) is 5.54 Å². The van der Waals surface area contributed by atoms with Gasteiger partial charge < -0.3 is 0 Å². The highest BCUT2D eigenvalue weighted by Crippen LogP contribution is 2.26. The number of terminal acetylenes is 1. The minimum absolute atomic E-state index is 0.223. The van der Waals surface area contributed by atoms with Crippen LogP contribution in [0.15, 0.2) is 60.7 Å². The molecule has 0 aliphatic heterocycles. The van der Waals surface area contributed by atoms with E-state index in [9.17, 15) is 0 Å². The minimum Gasteiger partial charge on any atom is -0.120 e. The molecule has 0 saturated carbocycles. The molecule has 0 N–H and O–H groups in total. The Labute approximate surface area is 111 Å². The van der Waals surface area contributed by atoms with Gasteiger partial charge in [0.05, 0.1) is 0 Å². The van der Waals surface area contributed by atoms with Gasteiger partial charge in [-0.1, -0.05) is 78.9 Å². The molecule has 0 fully saturated rings. The number of rotatable bonds is 3. The first-order chi connectivity index (χ1) is 8.66. The zero-order chi connectivity index (χ0) is 13.0. The summed E-state index contributed by atoms with van der Waals surface area (Å²) in [6, 6.07) is 21.1. The third-order valence-electron chi connectivity index (χ3n) is 3.54. The van der Waals surface area contributed by atoms with Gasteiger partial charge in [0.2, 0.25) is 0 Å². The Morgan fingerprint density at radius 2 is 1.39 bits per heavy atom. The molecule has 0 aliphatic carbocycles. The zero-order valence-electron chi connectivity index (χ0n) is 10.9. The summed E-state index contributed by atoms with van der Waals surface area (Å²) in [6.45, 7) is 4.69. The third kappa shape index (κ3) is 2.39. The molecular formula is C17H18Si.